The van der Waals surface area contributed by atoms with Gasteiger partial charge in [0.1, 0.15) is 0 Å². The van der Waals surface area contributed by atoms with Crippen molar-refractivity contribution in [3.05, 3.63) is 0 Å². The van der Waals surface area contributed by atoms with Crippen LogP contribution in [0, 0.1) is 12.3 Å². The molecule has 0 heterocycles. The third-order valence-corrected chi connectivity index (χ3v) is 3.79. The van der Waals surface area contributed by atoms with Gasteiger partial charge in [0.25, 0.3) is 0 Å². The Morgan fingerprint density at radius 3 is 2.60 bits per heavy atom. The molecule has 0 saturated carbocycles. The molecule has 0 N–H and O–H groups in total. The topological polar surface area (TPSA) is 46.6 Å². The van der Waals surface area contributed by atoms with E-state index in [1.165, 1.54) is 4.31 Å². The summed E-state index contributed by atoms with van der Waals surface area (Å²) in [4.78, 5) is 0. The van der Waals surface area contributed by atoms with E-state index in [0.717, 1.165) is 6.42 Å². The lowest BCUT2D eigenvalue weighted by molar-refractivity contribution is 0.199. The highest BCUT2D eigenvalue weighted by atomic mass is 32.2. The molecule has 0 rings (SSSR count). The Morgan fingerprint density at radius 1 is 1.47 bits per heavy atom. The van der Waals surface area contributed by atoms with Crippen LogP contribution in [0.4, 0.5) is 0 Å². The van der Waals surface area contributed by atoms with Crippen molar-refractivity contribution >= 4 is 10.0 Å². The number of hydrogen-bond acceptors (Lipinski definition) is 3. The minimum Gasteiger partial charge on any atom is -0.385 e. The van der Waals surface area contributed by atoms with Crippen molar-refractivity contribution in [2.45, 2.75) is 19.8 Å². The summed E-state index contributed by atoms with van der Waals surface area (Å²) in [5.74, 6) is 2.46. The van der Waals surface area contributed by atoms with E-state index in [4.69, 9.17) is 11.2 Å². The molecule has 0 bridgehead atoms. The summed E-state index contributed by atoms with van der Waals surface area (Å²) in [6.45, 7) is 3.02. The second-order valence-electron chi connectivity index (χ2n) is 3.20. The first kappa shape index (κ1) is 14.4. The minimum atomic E-state index is -3.21. The van der Waals surface area contributed by atoms with Gasteiger partial charge >= 0.3 is 0 Å². The van der Waals surface area contributed by atoms with Gasteiger partial charge in [0, 0.05) is 20.3 Å². The Labute approximate surface area is 92.7 Å². The molecule has 0 aromatic carbocycles. The quantitative estimate of drug-likeness (QED) is 0.458. The number of ether oxygens (including phenoxy) is 1. The van der Waals surface area contributed by atoms with Crippen molar-refractivity contribution in [2.75, 3.05) is 32.6 Å². The Balaban J connectivity index is 4.30. The normalized spacial score (nSPS) is 11.6. The summed E-state index contributed by atoms with van der Waals surface area (Å²) < 4.78 is 29.7. The summed E-state index contributed by atoms with van der Waals surface area (Å²) in [5.41, 5.74) is 0. The van der Waals surface area contributed by atoms with Gasteiger partial charge in [0.15, 0.2) is 0 Å². The SMILES string of the molecule is C#CCN(CCC)S(=O)(=O)CCCOC. The first-order chi connectivity index (χ1) is 7.08. The number of nitrogens with zero attached hydrogens (tertiary/aromatic N) is 1. The molecule has 5 heteroatoms. The van der Waals surface area contributed by atoms with Crippen LogP contribution < -0.4 is 0 Å². The zero-order chi connectivity index (χ0) is 11.7. The maximum atomic E-state index is 11.8. The number of methoxy groups -OCH3 is 1. The molecule has 0 aromatic heterocycles. The van der Waals surface area contributed by atoms with Crippen LogP contribution in [0.15, 0.2) is 0 Å². The van der Waals surface area contributed by atoms with Gasteiger partial charge < -0.3 is 4.74 Å². The molecule has 0 aliphatic carbocycles. The van der Waals surface area contributed by atoms with E-state index in [-0.39, 0.29) is 12.3 Å². The minimum absolute atomic E-state index is 0.0997. The van der Waals surface area contributed by atoms with Gasteiger partial charge in [-0.25, -0.2) is 8.42 Å². The van der Waals surface area contributed by atoms with Crippen molar-refractivity contribution in [3.63, 3.8) is 0 Å². The van der Waals surface area contributed by atoms with E-state index in [1.54, 1.807) is 7.11 Å². The third kappa shape index (κ3) is 5.78. The van der Waals surface area contributed by atoms with Gasteiger partial charge in [-0.1, -0.05) is 12.8 Å². The summed E-state index contributed by atoms with van der Waals surface area (Å²) in [5, 5.41) is 0. The van der Waals surface area contributed by atoms with Crippen molar-refractivity contribution < 1.29 is 13.2 Å². The monoisotopic (exact) mass is 233 g/mol. The standard InChI is InChI=1S/C10H19NO3S/c1-4-7-11(8-5-2)15(12,13)10-6-9-14-3/h1H,5-10H2,2-3H3. The number of terminal acetylenes is 1. The fraction of sp³-hybridized carbons (Fsp3) is 0.800. The maximum Gasteiger partial charge on any atom is 0.215 e. The molecule has 0 aliphatic heterocycles. The van der Waals surface area contributed by atoms with Crippen LogP contribution in [0.25, 0.3) is 0 Å². The number of rotatable bonds is 8. The lowest BCUT2D eigenvalue weighted by atomic mass is 10.5. The molecule has 0 unspecified atom stereocenters. The fourth-order valence-corrected chi connectivity index (χ4v) is 2.66. The summed E-state index contributed by atoms with van der Waals surface area (Å²) >= 11 is 0. The van der Waals surface area contributed by atoms with Crippen molar-refractivity contribution in [1.82, 2.24) is 4.31 Å². The first-order valence-corrected chi connectivity index (χ1v) is 6.59. The average molecular weight is 233 g/mol. The zero-order valence-corrected chi connectivity index (χ0v) is 10.2. The van der Waals surface area contributed by atoms with Crippen LogP contribution in [0.1, 0.15) is 19.8 Å². The van der Waals surface area contributed by atoms with Gasteiger partial charge in [-0.3, -0.25) is 0 Å². The van der Waals surface area contributed by atoms with Crippen molar-refractivity contribution in [3.8, 4) is 12.3 Å². The zero-order valence-electron chi connectivity index (χ0n) is 9.40. The van der Waals surface area contributed by atoms with Crippen LogP contribution in [0.2, 0.25) is 0 Å². The third-order valence-electron chi connectivity index (χ3n) is 1.88. The highest BCUT2D eigenvalue weighted by molar-refractivity contribution is 7.89. The van der Waals surface area contributed by atoms with E-state index in [1.807, 2.05) is 6.92 Å². The van der Waals surface area contributed by atoms with Gasteiger partial charge in [-0.15, -0.1) is 6.42 Å². The molecule has 0 fully saturated rings. The molecule has 0 radical (unpaired) electrons. The lowest BCUT2D eigenvalue weighted by Gasteiger charge is -2.18. The van der Waals surface area contributed by atoms with Crippen molar-refractivity contribution in [1.29, 1.82) is 0 Å². The van der Waals surface area contributed by atoms with Gasteiger partial charge in [0.2, 0.25) is 10.0 Å². The van der Waals surface area contributed by atoms with Gasteiger partial charge in [-0.05, 0) is 12.8 Å². The predicted octanol–water partition coefficient (Wildman–Crippen LogP) is 0.698. The van der Waals surface area contributed by atoms with Crippen LogP contribution in [0.5, 0.6) is 0 Å². The molecule has 0 saturated heterocycles. The molecule has 0 aliphatic rings. The molecule has 0 atom stereocenters. The molecule has 4 nitrogen and oxygen atoms in total. The number of hydrogen-bond donors (Lipinski definition) is 0. The Morgan fingerprint density at radius 2 is 2.13 bits per heavy atom. The summed E-state index contributed by atoms with van der Waals surface area (Å²) in [6.07, 6.45) is 6.40. The van der Waals surface area contributed by atoms with Gasteiger partial charge in [0.05, 0.1) is 12.3 Å². The largest absolute Gasteiger partial charge is 0.385 e. The molecule has 0 amide bonds. The van der Waals surface area contributed by atoms with Crippen LogP contribution in [-0.2, 0) is 14.8 Å². The first-order valence-electron chi connectivity index (χ1n) is 4.98. The second kappa shape index (κ2) is 7.69. The maximum absolute atomic E-state index is 11.8. The van der Waals surface area contributed by atoms with Crippen LogP contribution in [0.3, 0.4) is 0 Å². The lowest BCUT2D eigenvalue weighted by Crippen LogP contribution is -2.34. The van der Waals surface area contributed by atoms with E-state index in [2.05, 4.69) is 5.92 Å². The van der Waals surface area contributed by atoms with Crippen LogP contribution in [-0.4, -0.2) is 45.3 Å². The Kier molecular flexibility index (Phi) is 7.39. The fourth-order valence-electron chi connectivity index (χ4n) is 1.18. The van der Waals surface area contributed by atoms with E-state index < -0.39 is 10.0 Å². The Hall–Kier alpha value is -0.570. The summed E-state index contributed by atoms with van der Waals surface area (Å²) in [6, 6.07) is 0. The van der Waals surface area contributed by atoms with Gasteiger partial charge in [-0.2, -0.15) is 4.31 Å². The molecule has 15 heavy (non-hydrogen) atoms. The van der Waals surface area contributed by atoms with E-state index in [9.17, 15) is 8.42 Å². The highest BCUT2D eigenvalue weighted by Gasteiger charge is 2.19. The van der Waals surface area contributed by atoms with E-state index >= 15 is 0 Å². The predicted molar refractivity (Wildman–Crippen MR) is 61.0 cm³/mol. The Bertz CT molecular complexity index is 292. The molecule has 88 valence electrons. The molecular formula is C10H19NO3S. The molecule has 0 spiro atoms. The van der Waals surface area contributed by atoms with Crippen molar-refractivity contribution in [2.24, 2.45) is 0 Å². The highest BCUT2D eigenvalue weighted by Crippen LogP contribution is 2.04. The molecule has 0 aromatic rings. The summed E-state index contributed by atoms with van der Waals surface area (Å²) in [7, 11) is -1.65. The van der Waals surface area contributed by atoms with Crippen LogP contribution >= 0.6 is 0 Å². The molecular weight excluding hydrogens is 214 g/mol. The average Bonchev–Trinajstić information content (AvgIpc) is 2.18. The number of sulfonamides is 1. The van der Waals surface area contributed by atoms with E-state index in [0.29, 0.717) is 19.6 Å². The second-order valence-corrected chi connectivity index (χ2v) is 5.29. The smallest absolute Gasteiger partial charge is 0.215 e.